The van der Waals surface area contributed by atoms with Crippen molar-refractivity contribution in [3.63, 3.8) is 0 Å². The van der Waals surface area contributed by atoms with Gasteiger partial charge in [-0.05, 0) is 56.4 Å². The van der Waals surface area contributed by atoms with Gasteiger partial charge in [0.05, 0.1) is 6.54 Å². The van der Waals surface area contributed by atoms with Crippen molar-refractivity contribution in [2.45, 2.75) is 57.7 Å². The van der Waals surface area contributed by atoms with Crippen LogP contribution in [0.3, 0.4) is 0 Å². The second-order valence-corrected chi connectivity index (χ2v) is 9.52. The largest absolute Gasteiger partial charge is 0.339 e. The molecule has 1 saturated heterocycles. The molecule has 2 fully saturated rings. The van der Waals surface area contributed by atoms with Crippen LogP contribution in [-0.4, -0.2) is 40.7 Å². The monoisotopic (exact) mass is 396 g/mol. The summed E-state index contributed by atoms with van der Waals surface area (Å²) >= 11 is 1.73. The van der Waals surface area contributed by atoms with Gasteiger partial charge in [0.25, 0.3) is 5.91 Å². The Morgan fingerprint density at radius 3 is 2.57 bits per heavy atom. The lowest BCUT2D eigenvalue weighted by Gasteiger charge is -2.34. The molecule has 0 bridgehead atoms. The highest BCUT2D eigenvalue weighted by Crippen LogP contribution is 2.41. The third kappa shape index (κ3) is 3.72. The number of carbonyl (C=O) groups is 2. The highest BCUT2D eigenvalue weighted by atomic mass is 32.1. The average molecular weight is 397 g/mol. The van der Waals surface area contributed by atoms with Gasteiger partial charge in [-0.3, -0.25) is 9.59 Å². The summed E-state index contributed by atoms with van der Waals surface area (Å²) in [5, 5.41) is 0. The molecule has 0 radical (unpaired) electrons. The Morgan fingerprint density at radius 1 is 1.11 bits per heavy atom. The molecule has 28 heavy (non-hydrogen) atoms. The molecule has 4 rings (SSSR count). The number of thiophene rings is 1. The number of hydrogen-bond donors (Lipinski definition) is 0. The highest BCUT2D eigenvalue weighted by Gasteiger charge is 2.48. The van der Waals surface area contributed by atoms with Crippen LogP contribution in [0.25, 0.3) is 0 Å². The molecule has 2 heterocycles. The van der Waals surface area contributed by atoms with Crippen LogP contribution >= 0.6 is 11.3 Å². The van der Waals surface area contributed by atoms with Gasteiger partial charge in [0.2, 0.25) is 5.91 Å². The van der Waals surface area contributed by atoms with Gasteiger partial charge in [-0.15, -0.1) is 11.3 Å². The Labute approximate surface area is 171 Å². The molecule has 1 aliphatic carbocycles. The van der Waals surface area contributed by atoms with E-state index in [0.29, 0.717) is 18.0 Å². The maximum absolute atomic E-state index is 13.4. The lowest BCUT2D eigenvalue weighted by molar-refractivity contribution is -0.134. The number of likely N-dealkylation sites (tertiary alicyclic amines) is 1. The molecule has 1 saturated carbocycles. The van der Waals surface area contributed by atoms with Crippen LogP contribution in [0.15, 0.2) is 42.5 Å². The molecule has 1 aromatic heterocycles. The fraction of sp³-hybridized carbons (Fsp3) is 0.478. The molecule has 5 heteroatoms. The van der Waals surface area contributed by atoms with E-state index in [0.717, 1.165) is 25.7 Å². The third-order valence-corrected chi connectivity index (χ3v) is 7.18. The first kappa shape index (κ1) is 19.2. The van der Waals surface area contributed by atoms with Gasteiger partial charge < -0.3 is 9.80 Å². The molecule has 2 amide bonds. The van der Waals surface area contributed by atoms with E-state index in [1.54, 1.807) is 16.2 Å². The van der Waals surface area contributed by atoms with Gasteiger partial charge in [-0.1, -0.05) is 31.0 Å². The number of carbonyl (C=O) groups excluding carboxylic acids is 2. The van der Waals surface area contributed by atoms with Gasteiger partial charge in [-0.2, -0.15) is 0 Å². The Balaban J connectivity index is 1.57. The minimum Gasteiger partial charge on any atom is -0.339 e. The van der Waals surface area contributed by atoms with Crippen molar-refractivity contribution in [2.24, 2.45) is 5.92 Å². The van der Waals surface area contributed by atoms with E-state index < -0.39 is 0 Å². The number of rotatable bonds is 4. The van der Waals surface area contributed by atoms with Crippen molar-refractivity contribution in [3.05, 3.63) is 57.8 Å². The first-order valence-corrected chi connectivity index (χ1v) is 11.0. The van der Waals surface area contributed by atoms with Crippen molar-refractivity contribution >= 4 is 23.2 Å². The van der Waals surface area contributed by atoms with Gasteiger partial charge >= 0.3 is 0 Å². The van der Waals surface area contributed by atoms with E-state index in [4.69, 9.17) is 0 Å². The standard InChI is InChI=1S/C23H28N2O2S/c1-16-12-13-19(28-16)15-24(2)23(27)21-14-18-10-6-7-11-20(18)25(21)22(26)17-8-4-3-5-9-17/h3-5,8-9,12-13,18,20-21H,6-7,10-11,14-15H2,1-2H3. The molecule has 148 valence electrons. The summed E-state index contributed by atoms with van der Waals surface area (Å²) in [5.74, 6) is 0.534. The quantitative estimate of drug-likeness (QED) is 0.764. The van der Waals surface area contributed by atoms with E-state index in [1.165, 1.54) is 16.2 Å². The van der Waals surface area contributed by atoms with Crippen molar-refractivity contribution in [1.29, 1.82) is 0 Å². The van der Waals surface area contributed by atoms with E-state index in [1.807, 2.05) is 42.3 Å². The Kier molecular flexibility index (Phi) is 5.54. The minimum atomic E-state index is -0.341. The van der Waals surface area contributed by atoms with E-state index in [9.17, 15) is 9.59 Å². The van der Waals surface area contributed by atoms with E-state index in [-0.39, 0.29) is 23.9 Å². The summed E-state index contributed by atoms with van der Waals surface area (Å²) in [7, 11) is 1.87. The number of fused-ring (bicyclic) bond motifs is 1. The molecule has 3 atom stereocenters. The summed E-state index contributed by atoms with van der Waals surface area (Å²) in [4.78, 5) is 32.9. The number of hydrogen-bond acceptors (Lipinski definition) is 3. The fourth-order valence-electron chi connectivity index (χ4n) is 4.84. The zero-order valence-corrected chi connectivity index (χ0v) is 17.5. The zero-order chi connectivity index (χ0) is 19.7. The topological polar surface area (TPSA) is 40.6 Å². The van der Waals surface area contributed by atoms with E-state index >= 15 is 0 Å². The molecule has 4 nitrogen and oxygen atoms in total. The van der Waals surface area contributed by atoms with Gasteiger partial charge in [0, 0.05) is 28.4 Å². The van der Waals surface area contributed by atoms with Crippen LogP contribution in [0.2, 0.25) is 0 Å². The summed E-state index contributed by atoms with van der Waals surface area (Å²) in [6.07, 6.45) is 5.29. The number of aryl methyl sites for hydroxylation is 1. The molecule has 2 aromatic rings. The molecule has 2 aliphatic rings. The van der Waals surface area contributed by atoms with Crippen LogP contribution in [0, 0.1) is 12.8 Å². The van der Waals surface area contributed by atoms with Crippen molar-refractivity contribution in [3.8, 4) is 0 Å². The molecular formula is C23H28N2O2S. The first-order chi connectivity index (χ1) is 13.5. The molecule has 3 unspecified atom stereocenters. The SMILES string of the molecule is Cc1ccc(CN(C)C(=O)C2CC3CCCCC3N2C(=O)c2ccccc2)s1. The Morgan fingerprint density at radius 2 is 1.86 bits per heavy atom. The zero-order valence-electron chi connectivity index (χ0n) is 16.6. The van der Waals surface area contributed by atoms with E-state index in [2.05, 4.69) is 19.1 Å². The van der Waals surface area contributed by atoms with Crippen LogP contribution < -0.4 is 0 Å². The normalized spacial score (nSPS) is 24.1. The summed E-state index contributed by atoms with van der Waals surface area (Å²) in [6.45, 7) is 2.69. The smallest absolute Gasteiger partial charge is 0.254 e. The number of likely N-dealkylation sites (N-methyl/N-ethyl adjacent to an activating group) is 1. The van der Waals surface area contributed by atoms with Crippen LogP contribution in [-0.2, 0) is 11.3 Å². The molecular weight excluding hydrogens is 368 g/mol. The van der Waals surface area contributed by atoms with Crippen LogP contribution in [0.1, 0.15) is 52.2 Å². The van der Waals surface area contributed by atoms with Crippen molar-refractivity contribution < 1.29 is 9.59 Å². The van der Waals surface area contributed by atoms with Crippen LogP contribution in [0.5, 0.6) is 0 Å². The van der Waals surface area contributed by atoms with Gasteiger partial charge in [0.15, 0.2) is 0 Å². The number of nitrogens with zero attached hydrogens (tertiary/aromatic N) is 2. The fourth-order valence-corrected chi connectivity index (χ4v) is 5.78. The lowest BCUT2D eigenvalue weighted by Crippen LogP contribution is -2.49. The second-order valence-electron chi connectivity index (χ2n) is 8.15. The average Bonchev–Trinajstić information content (AvgIpc) is 3.30. The summed E-state index contributed by atoms with van der Waals surface area (Å²) < 4.78 is 0. The lowest BCUT2D eigenvalue weighted by atomic mass is 9.84. The summed E-state index contributed by atoms with van der Waals surface area (Å²) in [6, 6.07) is 13.5. The van der Waals surface area contributed by atoms with Crippen molar-refractivity contribution in [1.82, 2.24) is 9.80 Å². The first-order valence-electron chi connectivity index (χ1n) is 10.2. The number of amides is 2. The molecule has 0 spiro atoms. The molecule has 1 aliphatic heterocycles. The summed E-state index contributed by atoms with van der Waals surface area (Å²) in [5.41, 5.74) is 0.683. The minimum absolute atomic E-state index is 0.00807. The second kappa shape index (κ2) is 8.08. The third-order valence-electron chi connectivity index (χ3n) is 6.19. The van der Waals surface area contributed by atoms with Crippen LogP contribution in [0.4, 0.5) is 0 Å². The predicted octanol–water partition coefficient (Wildman–Crippen LogP) is 4.49. The Bertz CT molecular complexity index is 847. The molecule has 1 aromatic carbocycles. The highest BCUT2D eigenvalue weighted by molar-refractivity contribution is 7.11. The predicted molar refractivity (Wildman–Crippen MR) is 112 cm³/mol. The van der Waals surface area contributed by atoms with Gasteiger partial charge in [0.1, 0.15) is 6.04 Å². The Hall–Kier alpha value is -2.14. The maximum Gasteiger partial charge on any atom is 0.254 e. The van der Waals surface area contributed by atoms with Crippen molar-refractivity contribution in [2.75, 3.05) is 7.05 Å². The molecule has 0 N–H and O–H groups in total. The maximum atomic E-state index is 13.4. The number of benzene rings is 1. The van der Waals surface area contributed by atoms with Gasteiger partial charge in [-0.25, -0.2) is 0 Å².